The third-order valence-corrected chi connectivity index (χ3v) is 5.09. The van der Waals surface area contributed by atoms with Crippen LogP contribution in [0.5, 0.6) is 0 Å². The maximum Gasteiger partial charge on any atom is 0.278 e. The van der Waals surface area contributed by atoms with Gasteiger partial charge >= 0.3 is 0 Å². The molecule has 1 saturated carbocycles. The molecule has 0 saturated heterocycles. The number of amides is 2. The van der Waals surface area contributed by atoms with Crippen molar-refractivity contribution in [2.24, 2.45) is 0 Å². The molecule has 0 radical (unpaired) electrons. The first-order chi connectivity index (χ1) is 13.0. The molecular formula is C21H33FN3O2+. The van der Waals surface area contributed by atoms with Gasteiger partial charge in [0.15, 0.2) is 13.1 Å². The highest BCUT2D eigenvalue weighted by Crippen LogP contribution is 2.24. The number of carbonyl (C=O) groups excluding carboxylic acids is 2. The molecule has 6 heteroatoms. The second kappa shape index (κ2) is 11.0. The molecule has 1 atom stereocenters. The summed E-state index contributed by atoms with van der Waals surface area (Å²) in [5.74, 6) is -0.228. The van der Waals surface area contributed by atoms with Crippen molar-refractivity contribution in [2.75, 3.05) is 26.7 Å². The summed E-state index contributed by atoms with van der Waals surface area (Å²) < 4.78 is 13.2. The summed E-state index contributed by atoms with van der Waals surface area (Å²) in [6.45, 7) is 3.76. The first kappa shape index (κ1) is 21.4. The molecule has 1 fully saturated rings. The van der Waals surface area contributed by atoms with E-state index in [1.807, 2.05) is 18.9 Å². The first-order valence-corrected chi connectivity index (χ1v) is 10.1. The molecule has 1 aromatic rings. The van der Waals surface area contributed by atoms with Crippen LogP contribution in [0.1, 0.15) is 51.0 Å². The Morgan fingerprint density at radius 3 is 2.44 bits per heavy atom. The van der Waals surface area contributed by atoms with Crippen molar-refractivity contribution in [3.05, 3.63) is 35.6 Å². The Kier molecular flexibility index (Phi) is 8.72. The van der Waals surface area contributed by atoms with Crippen molar-refractivity contribution in [1.29, 1.82) is 0 Å². The second-order valence-electron chi connectivity index (χ2n) is 7.60. The van der Waals surface area contributed by atoms with E-state index in [1.54, 1.807) is 12.1 Å². The number of nitrogens with zero attached hydrogens (tertiary/aromatic N) is 1. The molecule has 5 nitrogen and oxygen atoms in total. The zero-order valence-corrected chi connectivity index (χ0v) is 16.6. The molecule has 0 spiro atoms. The minimum atomic E-state index is -0.267. The van der Waals surface area contributed by atoms with E-state index < -0.39 is 0 Å². The minimum Gasteiger partial charge on any atom is -0.351 e. The lowest BCUT2D eigenvalue weighted by Gasteiger charge is -2.34. The lowest BCUT2D eigenvalue weighted by Crippen LogP contribution is -3.11. The molecule has 150 valence electrons. The van der Waals surface area contributed by atoms with E-state index >= 15 is 0 Å². The summed E-state index contributed by atoms with van der Waals surface area (Å²) in [6, 6.07) is 6.60. The lowest BCUT2D eigenvalue weighted by atomic mass is 9.93. The van der Waals surface area contributed by atoms with Crippen LogP contribution in [0, 0.1) is 5.82 Å². The maximum absolute atomic E-state index is 13.2. The van der Waals surface area contributed by atoms with Crippen molar-refractivity contribution < 1.29 is 18.9 Å². The van der Waals surface area contributed by atoms with Crippen LogP contribution in [0.15, 0.2) is 24.3 Å². The number of hydrogen-bond acceptors (Lipinski definition) is 2. The standard InChI is InChI=1S/C21H32FN3O2/c1-3-13-23-20(26)15-24(2)16-21(27)25(19-7-5-4-6-8-19)14-17-9-11-18(22)12-10-17/h9-12,19H,3-8,13-16H2,1-2H3,(H,23,26)/p+1. The van der Waals surface area contributed by atoms with Gasteiger partial charge in [-0.25, -0.2) is 4.39 Å². The number of quaternary nitrogens is 1. The largest absolute Gasteiger partial charge is 0.351 e. The minimum absolute atomic E-state index is 0.0232. The molecule has 2 amide bonds. The topological polar surface area (TPSA) is 53.9 Å². The number of rotatable bonds is 9. The zero-order chi connectivity index (χ0) is 19.6. The molecule has 0 heterocycles. The van der Waals surface area contributed by atoms with Crippen LogP contribution < -0.4 is 10.2 Å². The summed E-state index contributed by atoms with van der Waals surface area (Å²) in [7, 11) is 1.88. The van der Waals surface area contributed by atoms with Crippen molar-refractivity contribution in [2.45, 2.75) is 58.0 Å². The quantitative estimate of drug-likeness (QED) is 0.685. The van der Waals surface area contributed by atoms with Gasteiger partial charge in [0.2, 0.25) is 0 Å². The molecule has 1 aliphatic rings. The van der Waals surface area contributed by atoms with Gasteiger partial charge < -0.3 is 15.1 Å². The fraction of sp³-hybridized carbons (Fsp3) is 0.619. The molecule has 0 bridgehead atoms. The number of halogens is 1. The van der Waals surface area contributed by atoms with Gasteiger partial charge in [0.05, 0.1) is 7.05 Å². The summed E-state index contributed by atoms with van der Waals surface area (Å²) >= 11 is 0. The van der Waals surface area contributed by atoms with Crippen LogP contribution in [-0.4, -0.2) is 49.4 Å². The average Bonchev–Trinajstić information content (AvgIpc) is 2.66. The van der Waals surface area contributed by atoms with Gasteiger partial charge in [0, 0.05) is 19.1 Å². The highest BCUT2D eigenvalue weighted by atomic mass is 19.1. The van der Waals surface area contributed by atoms with Gasteiger partial charge in [-0.2, -0.15) is 0 Å². The number of hydrogen-bond donors (Lipinski definition) is 2. The van der Waals surface area contributed by atoms with E-state index in [1.165, 1.54) is 18.6 Å². The van der Waals surface area contributed by atoms with Gasteiger partial charge in [0.25, 0.3) is 11.8 Å². The molecule has 1 aromatic carbocycles. The maximum atomic E-state index is 13.2. The van der Waals surface area contributed by atoms with Crippen molar-refractivity contribution in [3.63, 3.8) is 0 Å². The summed E-state index contributed by atoms with van der Waals surface area (Å²) in [6.07, 6.45) is 6.43. The van der Waals surface area contributed by atoms with Crippen molar-refractivity contribution in [3.8, 4) is 0 Å². The monoisotopic (exact) mass is 378 g/mol. The van der Waals surface area contributed by atoms with Crippen LogP contribution in [0.4, 0.5) is 4.39 Å². The molecule has 27 heavy (non-hydrogen) atoms. The molecular weight excluding hydrogens is 345 g/mol. The first-order valence-electron chi connectivity index (χ1n) is 10.1. The van der Waals surface area contributed by atoms with E-state index in [9.17, 15) is 14.0 Å². The van der Waals surface area contributed by atoms with E-state index in [4.69, 9.17) is 0 Å². The van der Waals surface area contributed by atoms with Gasteiger partial charge in [-0.1, -0.05) is 38.3 Å². The van der Waals surface area contributed by atoms with Crippen LogP contribution in [-0.2, 0) is 16.1 Å². The number of carbonyl (C=O) groups is 2. The summed E-state index contributed by atoms with van der Waals surface area (Å²) in [5.41, 5.74) is 0.939. The molecule has 1 unspecified atom stereocenters. The average molecular weight is 379 g/mol. The third kappa shape index (κ3) is 7.29. The zero-order valence-electron chi connectivity index (χ0n) is 16.6. The lowest BCUT2D eigenvalue weighted by molar-refractivity contribution is -0.863. The van der Waals surface area contributed by atoms with E-state index in [-0.39, 0.29) is 30.2 Å². The van der Waals surface area contributed by atoms with Crippen LogP contribution in [0.25, 0.3) is 0 Å². The highest BCUT2D eigenvalue weighted by Gasteiger charge is 2.27. The summed E-state index contributed by atoms with van der Waals surface area (Å²) in [5, 5.41) is 2.85. The van der Waals surface area contributed by atoms with Gasteiger partial charge in [-0.3, -0.25) is 9.59 Å². The van der Waals surface area contributed by atoms with Gasteiger partial charge in [-0.05, 0) is 37.0 Å². The predicted octanol–water partition coefficient (Wildman–Crippen LogP) is 1.53. The molecule has 0 aromatic heterocycles. The van der Waals surface area contributed by atoms with Crippen molar-refractivity contribution >= 4 is 11.8 Å². The Balaban J connectivity index is 1.99. The van der Waals surface area contributed by atoms with Crippen molar-refractivity contribution in [1.82, 2.24) is 10.2 Å². The van der Waals surface area contributed by atoms with Gasteiger partial charge in [0.1, 0.15) is 5.82 Å². The van der Waals surface area contributed by atoms with E-state index in [2.05, 4.69) is 5.32 Å². The third-order valence-electron chi connectivity index (χ3n) is 5.09. The highest BCUT2D eigenvalue weighted by molar-refractivity contribution is 5.79. The SMILES string of the molecule is CCCNC(=O)C[NH+](C)CC(=O)N(Cc1ccc(F)cc1)C1CCCCC1. The Bertz CT molecular complexity index is 600. The fourth-order valence-electron chi connectivity index (χ4n) is 3.62. The smallest absolute Gasteiger partial charge is 0.278 e. The normalized spacial score (nSPS) is 16.0. The van der Waals surface area contributed by atoms with Crippen LogP contribution in [0.2, 0.25) is 0 Å². The molecule has 1 aliphatic carbocycles. The molecule has 2 rings (SSSR count). The molecule has 0 aliphatic heterocycles. The Hall–Kier alpha value is -1.95. The fourth-order valence-corrected chi connectivity index (χ4v) is 3.62. The Morgan fingerprint density at radius 2 is 1.81 bits per heavy atom. The van der Waals surface area contributed by atoms with Gasteiger partial charge in [-0.15, -0.1) is 0 Å². The number of likely N-dealkylation sites (N-methyl/N-ethyl adjacent to an activating group) is 1. The number of nitrogens with one attached hydrogen (secondary N) is 2. The van der Waals surface area contributed by atoms with Crippen LogP contribution >= 0.6 is 0 Å². The Morgan fingerprint density at radius 1 is 1.15 bits per heavy atom. The van der Waals surface area contributed by atoms with Crippen LogP contribution in [0.3, 0.4) is 0 Å². The number of benzene rings is 1. The van der Waals surface area contributed by atoms with E-state index in [0.29, 0.717) is 19.6 Å². The Labute approximate surface area is 161 Å². The predicted molar refractivity (Wildman–Crippen MR) is 104 cm³/mol. The van der Waals surface area contributed by atoms with E-state index in [0.717, 1.165) is 42.6 Å². The molecule has 2 N–H and O–H groups in total. The summed E-state index contributed by atoms with van der Waals surface area (Å²) in [4.78, 5) is 27.7. The second-order valence-corrected chi connectivity index (χ2v) is 7.60.